The van der Waals surface area contributed by atoms with Gasteiger partial charge < -0.3 is 117 Å². The number of H-pyrrole nitrogens is 1. The maximum atomic E-state index is 15.4. The molecule has 1 aliphatic rings. The van der Waals surface area contributed by atoms with E-state index in [1.807, 2.05) is 0 Å². The van der Waals surface area contributed by atoms with Gasteiger partial charge in [0.2, 0.25) is 82.7 Å². The van der Waals surface area contributed by atoms with E-state index in [1.54, 1.807) is 91.1 Å². The van der Waals surface area contributed by atoms with Gasteiger partial charge in [0.05, 0.1) is 43.5 Å². The number of benzene rings is 3. The smallest absolute Gasteiger partial charge is 0.327 e. The molecular weight excluding hydrogens is 1540 g/mol. The van der Waals surface area contributed by atoms with E-state index < -0.39 is 217 Å². The van der Waals surface area contributed by atoms with Gasteiger partial charge >= 0.3 is 5.97 Å². The summed E-state index contributed by atoms with van der Waals surface area (Å²) in [7, 11) is 1.48. The van der Waals surface area contributed by atoms with Crippen molar-refractivity contribution >= 4 is 121 Å². The SMILES string of the molecule is C[C@H](N)C(=O)NCC(=O)N[C@H]1CSSC[C@@H](C(=O)O)NC(=O)[C@H](CO)NC(=O)[C@@H]([C@H](C)O)NC(=O)[C@H](Cc2ccccc2)NC(=O)[C@@H]([C@H](C)O)NC(=O)[C@@H](CCCCN)NC(=O)[C@H](Cc2c[nH]c3ccccc23)NC(=O)[C@@H](Cc2ccccc2)NC(=O)[C@H](Cc2cnccn2)NC(=O)[C@@H](CC(N)=O)NC(=O)[C@H](CCCCN)NC1=O. The number of hydrogen-bond acceptors (Lipinski definition) is 25. The molecule has 41 heteroatoms. The molecule has 14 amide bonds. The van der Waals surface area contributed by atoms with E-state index in [-0.39, 0.29) is 70.2 Å². The first-order chi connectivity index (χ1) is 54.9. The summed E-state index contributed by atoms with van der Waals surface area (Å²) < 4.78 is 0. The van der Waals surface area contributed by atoms with Crippen LogP contribution in [0.5, 0.6) is 0 Å². The Morgan fingerprint density at radius 3 is 1.47 bits per heavy atom. The molecule has 0 aliphatic carbocycles. The second-order valence-electron chi connectivity index (χ2n) is 27.3. The second kappa shape index (κ2) is 47.5. The summed E-state index contributed by atoms with van der Waals surface area (Å²) >= 11 is 0. The third kappa shape index (κ3) is 30.6. The molecule has 3 aromatic carbocycles. The number of unbranched alkanes of at least 4 members (excludes halogenated alkanes) is 2. The Kier molecular flexibility index (Phi) is 38.2. The zero-order chi connectivity index (χ0) is 84.3. The first kappa shape index (κ1) is 92.7. The standard InChI is InChI=1S/C74H102N20O19S2/c1-39(77)62(100)82-35-59(99)83-56-37-114-115-38-57(74(112)113)92-70(108)55(36-95)91-73(111)61(41(3)97)94-69(107)51(29-43-18-8-5-9-19-43)90-72(110)60(40(2)96)93-64(102)49(23-13-15-25-76)84-66(104)52(30-44-33-81-47-21-11-10-20-46(44)47)87-65(103)50(28-42-16-6-4-7-17-42)86-67(105)53(31-45-34-79-26-27-80-45)88-68(106)54(32-58(78)98)89-63(101)48(85-71(56)109)22-12-14-24-75/h4-11,16-21,26-27,33-34,39-41,48-57,60-61,81,95-97H,12-15,22-25,28-32,35-38,75-77H2,1-3H3,(H2,78,98)(H,82,100)(H,83,99)(H,84,104)(H,85,109)(H,86,105)(H,87,103)(H,88,106)(H,89,101)(H,90,110)(H,91,111)(H,92,108)(H,93,102)(H,94,107)(H,112,113)/t39-,40-,41-,48-,49+,50+,51-,52-,53-,54+,55-,56-,57-,60+,61+/m0/s1. The molecule has 0 radical (unpaired) electrons. The number of carboxylic acid groups (broad SMARTS) is 1. The zero-order valence-electron chi connectivity index (χ0n) is 63.5. The van der Waals surface area contributed by atoms with Gasteiger partial charge in [-0.15, -0.1) is 0 Å². The highest BCUT2D eigenvalue weighted by molar-refractivity contribution is 8.76. The number of nitrogens with two attached hydrogens (primary N) is 4. The van der Waals surface area contributed by atoms with Crippen LogP contribution in [0.3, 0.4) is 0 Å². The van der Waals surface area contributed by atoms with Crippen molar-refractivity contribution in [1.29, 1.82) is 0 Å². The minimum absolute atomic E-state index is 0.0943. The average molecular weight is 1640 g/mol. The average Bonchev–Trinajstić information content (AvgIpc) is 1.71. The second-order valence-corrected chi connectivity index (χ2v) is 29.9. The Hall–Kier alpha value is -11.2. The fourth-order valence-electron chi connectivity index (χ4n) is 11.7. The predicted octanol–water partition coefficient (Wildman–Crippen LogP) is -6.12. The van der Waals surface area contributed by atoms with E-state index in [2.05, 4.69) is 84.1 Å². The van der Waals surface area contributed by atoms with Crippen molar-refractivity contribution in [1.82, 2.24) is 84.1 Å². The molecule has 5 aromatic rings. The molecule has 115 heavy (non-hydrogen) atoms. The number of aromatic nitrogens is 3. The monoisotopic (exact) mass is 1640 g/mol. The molecule has 624 valence electrons. The maximum absolute atomic E-state index is 15.4. The summed E-state index contributed by atoms with van der Waals surface area (Å²) in [6.45, 7) is 1.84. The maximum Gasteiger partial charge on any atom is 0.327 e. The minimum atomic E-state index is -1.99. The Morgan fingerprint density at radius 2 is 0.965 bits per heavy atom. The van der Waals surface area contributed by atoms with Crippen molar-refractivity contribution < 1.29 is 92.3 Å². The van der Waals surface area contributed by atoms with Gasteiger partial charge in [-0.1, -0.05) is 100 Å². The fraction of sp³-hybridized carbons (Fsp3) is 0.473. The number of fused-ring (bicyclic) bond motifs is 1. The Bertz CT molecular complexity index is 4130. The molecule has 0 spiro atoms. The van der Waals surface area contributed by atoms with Crippen LogP contribution in [0.4, 0.5) is 0 Å². The number of nitrogens with one attached hydrogen (secondary N) is 14. The molecule has 0 saturated carbocycles. The summed E-state index contributed by atoms with van der Waals surface area (Å²) in [5.74, 6) is -18.0. The molecule has 2 aromatic heterocycles. The van der Waals surface area contributed by atoms with Crippen LogP contribution in [0.2, 0.25) is 0 Å². The third-order valence-corrected chi connectivity index (χ3v) is 20.4. The van der Waals surface area contributed by atoms with Crippen molar-refractivity contribution in [2.24, 2.45) is 22.9 Å². The first-order valence-electron chi connectivity index (χ1n) is 37.1. The van der Waals surface area contributed by atoms with Crippen LogP contribution >= 0.6 is 21.6 Å². The van der Waals surface area contributed by atoms with Gasteiger partial charge in [-0.3, -0.25) is 77.1 Å². The van der Waals surface area contributed by atoms with Crippen molar-refractivity contribution in [3.8, 4) is 0 Å². The van der Waals surface area contributed by atoms with Gasteiger partial charge in [0.1, 0.15) is 72.5 Å². The first-order valence-corrected chi connectivity index (χ1v) is 39.6. The molecule has 26 N–H and O–H groups in total. The van der Waals surface area contributed by atoms with Crippen LogP contribution in [-0.4, -0.2) is 253 Å². The van der Waals surface area contributed by atoms with Crippen LogP contribution < -0.4 is 92.1 Å². The fourth-order valence-corrected chi connectivity index (χ4v) is 14.1. The van der Waals surface area contributed by atoms with Crippen molar-refractivity contribution in [3.05, 3.63) is 132 Å². The number of amides is 14. The van der Waals surface area contributed by atoms with Crippen molar-refractivity contribution in [3.63, 3.8) is 0 Å². The number of carboxylic acids is 1. The third-order valence-electron chi connectivity index (χ3n) is 18.0. The van der Waals surface area contributed by atoms with E-state index in [9.17, 15) is 78.0 Å². The summed E-state index contributed by atoms with van der Waals surface area (Å²) in [4.78, 5) is 225. The molecule has 39 nitrogen and oxygen atoms in total. The van der Waals surface area contributed by atoms with Gasteiger partial charge in [0, 0.05) is 72.9 Å². The number of aliphatic hydroxyl groups is 3. The Labute approximate surface area is 669 Å². The number of rotatable bonds is 26. The number of aromatic amines is 1. The highest BCUT2D eigenvalue weighted by Gasteiger charge is 2.40. The molecule has 1 fully saturated rings. The normalized spacial score (nSPS) is 23.7. The molecule has 6 rings (SSSR count). The topological polar surface area (TPSA) is 639 Å². The van der Waals surface area contributed by atoms with E-state index in [4.69, 9.17) is 22.9 Å². The van der Waals surface area contributed by atoms with E-state index in [1.165, 1.54) is 25.5 Å². The van der Waals surface area contributed by atoms with E-state index >= 15 is 14.4 Å². The number of para-hydroxylation sites is 1. The van der Waals surface area contributed by atoms with Crippen LogP contribution in [-0.2, 0) is 97.6 Å². The number of aliphatic hydroxyl groups excluding tert-OH is 3. The van der Waals surface area contributed by atoms with Crippen LogP contribution in [0.1, 0.15) is 88.1 Å². The summed E-state index contributed by atoms with van der Waals surface area (Å²) in [5, 5.41) is 75.8. The lowest BCUT2D eigenvalue weighted by atomic mass is 10.0. The van der Waals surface area contributed by atoms with Crippen LogP contribution in [0, 0.1) is 0 Å². The zero-order valence-corrected chi connectivity index (χ0v) is 65.1. The number of aliphatic carboxylic acids is 1. The van der Waals surface area contributed by atoms with Gasteiger partial charge in [0.15, 0.2) is 0 Å². The number of primary amides is 1. The summed E-state index contributed by atoms with van der Waals surface area (Å²) in [6.07, 6.45) is 0.0614. The molecule has 0 bridgehead atoms. The molecule has 15 atom stereocenters. The van der Waals surface area contributed by atoms with Gasteiger partial charge in [-0.2, -0.15) is 0 Å². The predicted molar refractivity (Wildman–Crippen MR) is 420 cm³/mol. The molecular formula is C74H102N20O19S2. The van der Waals surface area contributed by atoms with E-state index in [0.29, 0.717) is 34.0 Å². The lowest BCUT2D eigenvalue weighted by Gasteiger charge is -2.29. The molecule has 3 heterocycles. The van der Waals surface area contributed by atoms with Crippen molar-refractivity contribution in [2.75, 3.05) is 37.7 Å². The highest BCUT2D eigenvalue weighted by atomic mass is 33.1. The van der Waals surface area contributed by atoms with Gasteiger partial charge in [0.25, 0.3) is 0 Å². The number of carbonyl (C=O) groups is 15. The number of hydrogen-bond donors (Lipinski definition) is 22. The molecule has 0 unspecified atom stereocenters. The largest absolute Gasteiger partial charge is 0.480 e. The number of nitrogens with zero attached hydrogens (tertiary/aromatic N) is 2. The van der Waals surface area contributed by atoms with Crippen LogP contribution in [0.15, 0.2) is 110 Å². The number of carbonyl (C=O) groups excluding carboxylic acids is 14. The van der Waals surface area contributed by atoms with Gasteiger partial charge in [-0.25, -0.2) is 4.79 Å². The van der Waals surface area contributed by atoms with Crippen molar-refractivity contribution in [2.45, 2.75) is 182 Å². The lowest BCUT2D eigenvalue weighted by Crippen LogP contribution is -2.63. The molecule has 1 aliphatic heterocycles. The van der Waals surface area contributed by atoms with Gasteiger partial charge in [-0.05, 0) is 95.1 Å². The lowest BCUT2D eigenvalue weighted by molar-refractivity contribution is -0.142. The Balaban J connectivity index is 1.47. The Morgan fingerprint density at radius 1 is 0.522 bits per heavy atom. The quantitative estimate of drug-likeness (QED) is 0.0181. The van der Waals surface area contributed by atoms with Crippen LogP contribution in [0.25, 0.3) is 10.9 Å². The minimum Gasteiger partial charge on any atom is -0.480 e. The van der Waals surface area contributed by atoms with E-state index in [0.717, 1.165) is 35.4 Å². The summed E-state index contributed by atoms with van der Waals surface area (Å²) in [6, 6.07) is 0.950. The summed E-state index contributed by atoms with van der Waals surface area (Å²) in [5.41, 5.74) is 25.2. The highest BCUT2D eigenvalue weighted by Crippen LogP contribution is 2.24. The molecule has 1 saturated heterocycles.